The molecule has 0 saturated heterocycles. The number of pyridine rings is 1. The van der Waals surface area contributed by atoms with E-state index in [2.05, 4.69) is 10.3 Å². The first-order valence-corrected chi connectivity index (χ1v) is 5.42. The van der Waals surface area contributed by atoms with Crippen LogP contribution in [0.25, 0.3) is 0 Å². The maximum Gasteiger partial charge on any atom is 0.248 e. The van der Waals surface area contributed by atoms with Crippen molar-refractivity contribution < 1.29 is 4.74 Å². The topological polar surface area (TPSA) is 54.1 Å². The van der Waals surface area contributed by atoms with Crippen LogP contribution in [0.3, 0.4) is 0 Å². The molecule has 0 radical (unpaired) electrons. The summed E-state index contributed by atoms with van der Waals surface area (Å²) in [6, 6.07) is 3.30. The van der Waals surface area contributed by atoms with E-state index in [1.54, 1.807) is 6.07 Å². The molecule has 1 fully saturated rings. The Labute approximate surface area is 87.7 Å². The van der Waals surface area contributed by atoms with Gasteiger partial charge in [0.25, 0.3) is 0 Å². The molecule has 1 aromatic rings. The number of nitrogens with one attached hydrogen (secondary N) is 2. The van der Waals surface area contributed by atoms with Gasteiger partial charge in [-0.3, -0.25) is 4.79 Å². The first kappa shape index (κ1) is 8.97. The molecule has 1 aliphatic heterocycles. The molecule has 0 bridgehead atoms. The standard InChI is InChI=1S/C11H14N2O2/c14-11-4-3-9-8(13-11)5-12-6-10(15-9)7-1-2-7/h3-4,7,10,12H,1-2,5-6H2,(H,13,14)/t10-/m1/s1. The van der Waals surface area contributed by atoms with E-state index < -0.39 is 0 Å². The lowest BCUT2D eigenvalue weighted by Gasteiger charge is -2.15. The van der Waals surface area contributed by atoms with Crippen molar-refractivity contribution in [2.45, 2.75) is 25.5 Å². The van der Waals surface area contributed by atoms with Crippen LogP contribution in [-0.2, 0) is 6.54 Å². The molecule has 2 N–H and O–H groups in total. The van der Waals surface area contributed by atoms with E-state index in [-0.39, 0.29) is 11.7 Å². The van der Waals surface area contributed by atoms with E-state index in [0.717, 1.165) is 18.0 Å². The third kappa shape index (κ3) is 1.77. The maximum absolute atomic E-state index is 11.1. The predicted molar refractivity (Wildman–Crippen MR) is 55.9 cm³/mol. The highest BCUT2D eigenvalue weighted by molar-refractivity contribution is 5.28. The van der Waals surface area contributed by atoms with Crippen LogP contribution in [0.15, 0.2) is 16.9 Å². The van der Waals surface area contributed by atoms with Crippen LogP contribution in [0, 0.1) is 5.92 Å². The van der Waals surface area contributed by atoms with Crippen molar-refractivity contribution >= 4 is 0 Å². The second-order valence-electron chi connectivity index (χ2n) is 4.29. The zero-order valence-corrected chi connectivity index (χ0v) is 8.45. The summed E-state index contributed by atoms with van der Waals surface area (Å²) in [4.78, 5) is 13.9. The minimum Gasteiger partial charge on any atom is -0.487 e. The molecule has 1 aliphatic carbocycles. The smallest absolute Gasteiger partial charge is 0.248 e. The number of aromatic amines is 1. The van der Waals surface area contributed by atoms with Gasteiger partial charge in [0, 0.05) is 19.2 Å². The molecule has 15 heavy (non-hydrogen) atoms. The average molecular weight is 206 g/mol. The Hall–Kier alpha value is -1.29. The molecule has 2 heterocycles. The number of H-pyrrole nitrogens is 1. The molecule has 1 atom stereocenters. The number of ether oxygens (including phenoxy) is 1. The van der Waals surface area contributed by atoms with Gasteiger partial charge in [0.1, 0.15) is 11.9 Å². The van der Waals surface area contributed by atoms with Crippen LogP contribution in [-0.4, -0.2) is 17.6 Å². The fourth-order valence-electron chi connectivity index (χ4n) is 2.02. The van der Waals surface area contributed by atoms with E-state index in [4.69, 9.17) is 4.74 Å². The third-order valence-electron chi connectivity index (χ3n) is 3.03. The van der Waals surface area contributed by atoms with Crippen molar-refractivity contribution in [3.8, 4) is 5.75 Å². The molecule has 4 nitrogen and oxygen atoms in total. The van der Waals surface area contributed by atoms with E-state index in [1.165, 1.54) is 18.9 Å². The molecular weight excluding hydrogens is 192 g/mol. The van der Waals surface area contributed by atoms with Gasteiger partial charge in [-0.25, -0.2) is 0 Å². The van der Waals surface area contributed by atoms with Gasteiger partial charge in [0.15, 0.2) is 0 Å². The molecular formula is C11H14N2O2. The molecule has 2 aliphatic rings. The zero-order chi connectivity index (χ0) is 10.3. The van der Waals surface area contributed by atoms with Gasteiger partial charge in [0.2, 0.25) is 5.56 Å². The summed E-state index contributed by atoms with van der Waals surface area (Å²) in [7, 11) is 0. The Kier molecular flexibility index (Phi) is 2.02. The fourth-order valence-corrected chi connectivity index (χ4v) is 2.02. The van der Waals surface area contributed by atoms with Gasteiger partial charge >= 0.3 is 0 Å². The summed E-state index contributed by atoms with van der Waals surface area (Å²) >= 11 is 0. The summed E-state index contributed by atoms with van der Waals surface area (Å²) in [6.07, 6.45) is 2.81. The Morgan fingerprint density at radius 1 is 1.33 bits per heavy atom. The molecule has 0 unspecified atom stereocenters. The van der Waals surface area contributed by atoms with Gasteiger partial charge in [-0.15, -0.1) is 0 Å². The SMILES string of the molecule is O=c1ccc2c([nH]1)CNC[C@H](C1CC1)O2. The molecule has 1 saturated carbocycles. The Balaban J connectivity index is 1.91. The van der Waals surface area contributed by atoms with Crippen LogP contribution < -0.4 is 15.6 Å². The molecule has 1 aromatic heterocycles. The minimum atomic E-state index is -0.0657. The maximum atomic E-state index is 11.1. The molecule has 3 rings (SSSR count). The van der Waals surface area contributed by atoms with Gasteiger partial charge in [-0.05, 0) is 24.8 Å². The number of rotatable bonds is 1. The van der Waals surface area contributed by atoms with Crippen molar-refractivity contribution in [3.05, 3.63) is 28.2 Å². The quantitative estimate of drug-likeness (QED) is 0.708. The van der Waals surface area contributed by atoms with Crippen LogP contribution in [0.4, 0.5) is 0 Å². The monoisotopic (exact) mass is 206 g/mol. The normalized spacial score (nSPS) is 25.2. The lowest BCUT2D eigenvalue weighted by Crippen LogP contribution is -2.30. The summed E-state index contributed by atoms with van der Waals surface area (Å²) in [5.41, 5.74) is 0.801. The van der Waals surface area contributed by atoms with Crippen molar-refractivity contribution in [1.82, 2.24) is 10.3 Å². The number of aromatic nitrogens is 1. The average Bonchev–Trinajstić information content (AvgIpc) is 3.02. The molecule has 4 heteroatoms. The van der Waals surface area contributed by atoms with Gasteiger partial charge < -0.3 is 15.0 Å². The van der Waals surface area contributed by atoms with E-state index >= 15 is 0 Å². The lowest BCUT2D eigenvalue weighted by molar-refractivity contribution is 0.182. The Morgan fingerprint density at radius 2 is 2.20 bits per heavy atom. The number of hydrogen-bond donors (Lipinski definition) is 2. The van der Waals surface area contributed by atoms with Crippen molar-refractivity contribution in [3.63, 3.8) is 0 Å². The molecule has 0 spiro atoms. The van der Waals surface area contributed by atoms with Gasteiger partial charge in [0.05, 0.1) is 5.69 Å². The predicted octanol–water partition coefficient (Wildman–Crippen LogP) is 0.635. The van der Waals surface area contributed by atoms with Crippen LogP contribution in [0.5, 0.6) is 5.75 Å². The zero-order valence-electron chi connectivity index (χ0n) is 8.45. The van der Waals surface area contributed by atoms with E-state index in [1.807, 2.05) is 0 Å². The minimum absolute atomic E-state index is 0.0657. The third-order valence-corrected chi connectivity index (χ3v) is 3.03. The van der Waals surface area contributed by atoms with Crippen molar-refractivity contribution in [2.75, 3.05) is 6.54 Å². The van der Waals surface area contributed by atoms with E-state index in [9.17, 15) is 4.79 Å². The molecule has 80 valence electrons. The Morgan fingerprint density at radius 3 is 3.00 bits per heavy atom. The van der Waals surface area contributed by atoms with Crippen LogP contribution in [0.2, 0.25) is 0 Å². The lowest BCUT2D eigenvalue weighted by atomic mass is 10.2. The molecule has 0 aromatic carbocycles. The first-order chi connectivity index (χ1) is 7.33. The van der Waals surface area contributed by atoms with E-state index in [0.29, 0.717) is 12.5 Å². The summed E-state index contributed by atoms with van der Waals surface area (Å²) < 4.78 is 5.90. The Bertz CT molecular complexity index is 423. The van der Waals surface area contributed by atoms with Crippen LogP contribution >= 0.6 is 0 Å². The number of fused-ring (bicyclic) bond motifs is 1. The first-order valence-electron chi connectivity index (χ1n) is 5.42. The van der Waals surface area contributed by atoms with Gasteiger partial charge in [-0.2, -0.15) is 0 Å². The highest BCUT2D eigenvalue weighted by Gasteiger charge is 2.34. The second kappa shape index (κ2) is 3.38. The van der Waals surface area contributed by atoms with Gasteiger partial charge in [-0.1, -0.05) is 0 Å². The fraction of sp³-hybridized carbons (Fsp3) is 0.545. The number of hydrogen-bond acceptors (Lipinski definition) is 3. The highest BCUT2D eigenvalue weighted by Crippen LogP contribution is 2.35. The highest BCUT2D eigenvalue weighted by atomic mass is 16.5. The molecule has 0 amide bonds. The summed E-state index contributed by atoms with van der Waals surface area (Å²) in [5, 5.41) is 3.31. The summed E-state index contributed by atoms with van der Waals surface area (Å²) in [5.74, 6) is 1.53. The van der Waals surface area contributed by atoms with Crippen molar-refractivity contribution in [2.24, 2.45) is 5.92 Å². The van der Waals surface area contributed by atoms with Crippen molar-refractivity contribution in [1.29, 1.82) is 0 Å². The second-order valence-corrected chi connectivity index (χ2v) is 4.29. The summed E-state index contributed by atoms with van der Waals surface area (Å²) in [6.45, 7) is 1.57. The van der Waals surface area contributed by atoms with Crippen LogP contribution in [0.1, 0.15) is 18.5 Å². The largest absolute Gasteiger partial charge is 0.487 e.